The number of fused-ring (bicyclic) bond motifs is 1. The number of nitrogens with zero attached hydrogens (tertiary/aromatic N) is 4. The van der Waals surface area contributed by atoms with Crippen LogP contribution in [0.2, 0.25) is 0 Å². The second kappa shape index (κ2) is 14.5. The highest BCUT2D eigenvalue weighted by Gasteiger charge is 2.35. The molecule has 3 aromatic rings. The summed E-state index contributed by atoms with van der Waals surface area (Å²) in [6, 6.07) is 8.80. The highest BCUT2D eigenvalue weighted by Crippen LogP contribution is 2.39. The number of unbranched alkanes of at least 4 members (excludes halogenated alkanes) is 3. The average molecular weight is 680 g/mol. The van der Waals surface area contributed by atoms with Gasteiger partial charge in [0.15, 0.2) is 0 Å². The lowest BCUT2D eigenvalue weighted by molar-refractivity contribution is -0.143. The van der Waals surface area contributed by atoms with Crippen molar-refractivity contribution in [3.63, 3.8) is 0 Å². The molecule has 234 valence electrons. The molecule has 0 saturated heterocycles. The number of carbonyl (C=O) groups is 1. The van der Waals surface area contributed by atoms with Gasteiger partial charge < -0.3 is 18.8 Å². The van der Waals surface area contributed by atoms with E-state index in [1.165, 1.54) is 13.2 Å². The van der Waals surface area contributed by atoms with Gasteiger partial charge in [0.25, 0.3) is 5.95 Å². The molecular weight excluding hydrogens is 640 g/mol. The lowest BCUT2D eigenvalue weighted by Crippen LogP contribution is -2.38. The van der Waals surface area contributed by atoms with Gasteiger partial charge >= 0.3 is 16.3 Å². The Morgan fingerprint density at radius 2 is 1.93 bits per heavy atom. The predicted octanol–water partition coefficient (Wildman–Crippen LogP) is 5.83. The Morgan fingerprint density at radius 3 is 2.63 bits per heavy atom. The lowest BCUT2D eigenvalue weighted by Gasteiger charge is -2.30. The highest BCUT2D eigenvalue weighted by molar-refractivity contribution is 9.09. The topological polar surface area (TPSA) is 133 Å². The van der Waals surface area contributed by atoms with Gasteiger partial charge in [0.2, 0.25) is 0 Å². The van der Waals surface area contributed by atoms with Crippen LogP contribution in [0.15, 0.2) is 42.4 Å². The van der Waals surface area contributed by atoms with E-state index in [1.54, 1.807) is 19.9 Å². The van der Waals surface area contributed by atoms with Crippen molar-refractivity contribution in [2.24, 2.45) is 0 Å². The summed E-state index contributed by atoms with van der Waals surface area (Å²) in [4.78, 5) is 12.9. The molecule has 2 heterocycles. The van der Waals surface area contributed by atoms with Crippen molar-refractivity contribution in [1.82, 2.24) is 19.3 Å². The van der Waals surface area contributed by atoms with Crippen molar-refractivity contribution >= 4 is 43.2 Å². The number of esters is 1. The molecule has 1 aromatic heterocycles. The van der Waals surface area contributed by atoms with E-state index in [4.69, 9.17) is 13.7 Å². The van der Waals surface area contributed by atoms with Crippen LogP contribution in [-0.4, -0.2) is 64.4 Å². The fraction of sp³-hybridized carbons (Fsp3) is 0.500. The molecule has 0 aliphatic carbocycles. The quantitative estimate of drug-likeness (QED) is 0.127. The Balaban J connectivity index is 1.73. The molecule has 1 N–H and O–H groups in total. The predicted molar refractivity (Wildman–Crippen MR) is 166 cm³/mol. The second-order valence-electron chi connectivity index (χ2n) is 10.5. The fourth-order valence-corrected chi connectivity index (χ4v) is 7.02. The van der Waals surface area contributed by atoms with Gasteiger partial charge in [-0.25, -0.2) is 4.68 Å². The molecule has 2 aromatic carbocycles. The zero-order valence-electron chi connectivity index (χ0n) is 25.0. The first kappa shape index (κ1) is 32.7. The number of aryl methyl sites for hydroxylation is 2. The van der Waals surface area contributed by atoms with Crippen LogP contribution in [0, 0.1) is 6.92 Å². The molecule has 11 nitrogen and oxygen atoms in total. The first-order valence-electron chi connectivity index (χ1n) is 14.4. The minimum Gasteiger partial charge on any atom is -0.496 e. The maximum Gasteiger partial charge on any atom is 0.388 e. The van der Waals surface area contributed by atoms with E-state index in [1.807, 2.05) is 35.9 Å². The molecule has 0 spiro atoms. The van der Waals surface area contributed by atoms with Crippen LogP contribution in [0.25, 0.3) is 11.0 Å². The van der Waals surface area contributed by atoms with E-state index in [0.29, 0.717) is 11.3 Å². The van der Waals surface area contributed by atoms with Crippen molar-refractivity contribution in [2.45, 2.75) is 71.4 Å². The smallest absolute Gasteiger partial charge is 0.388 e. The summed E-state index contributed by atoms with van der Waals surface area (Å²) >= 11 is 3.48. The fourth-order valence-electron chi connectivity index (χ4n) is 5.48. The van der Waals surface area contributed by atoms with Crippen molar-refractivity contribution in [2.75, 3.05) is 25.6 Å². The zero-order chi connectivity index (χ0) is 31.1. The molecule has 4 rings (SSSR count). The monoisotopic (exact) mass is 678 g/mol. The highest BCUT2D eigenvalue weighted by atomic mass is 79.9. The SMILES string of the molecule is CCOC(=O)CC(c1ccc(OC)c([C@@H](C)N2CC=C(O)OS2(=O)=O)c1)c1ccc2c(nnn2CCCCCCBr)c1C. The molecule has 1 aliphatic rings. The van der Waals surface area contributed by atoms with Crippen LogP contribution in [0.3, 0.4) is 0 Å². The normalized spacial score (nSPS) is 16.3. The third-order valence-corrected chi connectivity index (χ3v) is 9.73. The van der Waals surface area contributed by atoms with Crippen molar-refractivity contribution < 1.29 is 32.0 Å². The first-order chi connectivity index (χ1) is 20.6. The zero-order valence-corrected chi connectivity index (χ0v) is 27.4. The molecule has 2 atom stereocenters. The van der Waals surface area contributed by atoms with Gasteiger partial charge in [0.05, 0.1) is 31.7 Å². The minimum absolute atomic E-state index is 0.0725. The number of aromatic nitrogens is 3. The molecule has 0 radical (unpaired) electrons. The summed E-state index contributed by atoms with van der Waals surface area (Å²) in [5, 5.41) is 19.5. The molecule has 0 bridgehead atoms. The summed E-state index contributed by atoms with van der Waals surface area (Å²) in [5.74, 6) is -0.937. The number of aliphatic hydroxyl groups is 1. The number of hydrogen-bond acceptors (Lipinski definition) is 9. The van der Waals surface area contributed by atoms with Crippen molar-refractivity contribution in [3.8, 4) is 5.75 Å². The number of methoxy groups -OCH3 is 1. The number of aliphatic hydroxyl groups excluding tert-OH is 1. The third kappa shape index (κ3) is 7.50. The molecular formula is C30H39BrN4O7S. The third-order valence-electron chi connectivity index (χ3n) is 7.75. The van der Waals surface area contributed by atoms with Crippen molar-refractivity contribution in [1.29, 1.82) is 0 Å². The van der Waals surface area contributed by atoms with Gasteiger partial charge in [-0.05, 0) is 68.5 Å². The number of alkyl halides is 1. The molecule has 13 heteroatoms. The standard InChI is InChI=1S/C30H39BrN4O7S/c1-5-41-29(37)19-25(23-11-12-26-30(20(23)2)32-33-34(26)16-9-7-6-8-15-31)22-10-13-27(40-4)24(18-22)21(3)35-17-14-28(36)42-43(35,38)39/h10-14,18,21,25,36H,5-9,15-17,19H2,1-4H3/t21-,25?/m1/s1. The van der Waals surface area contributed by atoms with Crippen LogP contribution in [-0.2, 0) is 30.6 Å². The van der Waals surface area contributed by atoms with Crippen LogP contribution in [0.5, 0.6) is 5.75 Å². The Hall–Kier alpha value is -3.16. The second-order valence-corrected chi connectivity index (χ2v) is 12.7. The number of rotatable bonds is 14. The maximum atomic E-state index is 12.9. The Bertz CT molecular complexity index is 1570. The number of hydrogen-bond donors (Lipinski definition) is 1. The number of benzene rings is 2. The molecule has 1 unspecified atom stereocenters. The summed E-state index contributed by atoms with van der Waals surface area (Å²) in [5.41, 5.74) is 4.89. The number of halogens is 1. The van der Waals surface area contributed by atoms with E-state index < -0.39 is 28.2 Å². The molecule has 0 fully saturated rings. The van der Waals surface area contributed by atoms with Gasteiger partial charge in [0, 0.05) is 36.0 Å². The molecule has 43 heavy (non-hydrogen) atoms. The van der Waals surface area contributed by atoms with Crippen LogP contribution in [0.4, 0.5) is 0 Å². The van der Waals surface area contributed by atoms with E-state index in [-0.39, 0.29) is 25.5 Å². The van der Waals surface area contributed by atoms with Crippen LogP contribution >= 0.6 is 15.9 Å². The number of carbonyl (C=O) groups excluding carboxylic acids is 1. The van der Waals surface area contributed by atoms with E-state index >= 15 is 0 Å². The van der Waals surface area contributed by atoms with Crippen molar-refractivity contribution in [3.05, 3.63) is 64.6 Å². The number of ether oxygens (including phenoxy) is 2. The lowest BCUT2D eigenvalue weighted by atomic mass is 9.84. The summed E-state index contributed by atoms with van der Waals surface area (Å²) in [6.07, 6.45) is 5.80. The van der Waals surface area contributed by atoms with Gasteiger partial charge in [-0.15, -0.1) is 5.10 Å². The van der Waals surface area contributed by atoms with E-state index in [2.05, 4.69) is 26.2 Å². The Labute approximate surface area is 261 Å². The van der Waals surface area contributed by atoms with Gasteiger partial charge in [-0.1, -0.05) is 46.1 Å². The van der Waals surface area contributed by atoms with E-state index in [9.17, 15) is 18.3 Å². The summed E-state index contributed by atoms with van der Waals surface area (Å²) in [7, 11) is -2.72. The van der Waals surface area contributed by atoms with Gasteiger partial charge in [-0.3, -0.25) is 4.79 Å². The Morgan fingerprint density at radius 1 is 1.16 bits per heavy atom. The van der Waals surface area contributed by atoms with Gasteiger partial charge in [-0.2, -0.15) is 12.7 Å². The maximum absolute atomic E-state index is 12.9. The molecule has 1 aliphatic heterocycles. The van der Waals surface area contributed by atoms with Crippen LogP contribution < -0.4 is 4.74 Å². The van der Waals surface area contributed by atoms with Gasteiger partial charge in [0.1, 0.15) is 11.3 Å². The summed E-state index contributed by atoms with van der Waals surface area (Å²) < 4.78 is 44.2. The summed E-state index contributed by atoms with van der Waals surface area (Å²) in [6.45, 7) is 6.42. The minimum atomic E-state index is -4.23. The molecule has 0 saturated carbocycles. The Kier molecular flexibility index (Phi) is 11.1. The molecule has 0 amide bonds. The average Bonchev–Trinajstić information content (AvgIpc) is 3.39. The van der Waals surface area contributed by atoms with Crippen LogP contribution in [0.1, 0.15) is 80.2 Å². The largest absolute Gasteiger partial charge is 0.496 e. The first-order valence-corrected chi connectivity index (χ1v) is 16.9. The van der Waals surface area contributed by atoms with E-state index in [0.717, 1.165) is 69.6 Å².